The maximum Gasteiger partial charge on any atom is -0.0359 e. The molecule has 0 N–H and O–H groups in total. The van der Waals surface area contributed by atoms with Crippen LogP contribution in [0.1, 0.15) is 79.1 Å². The first-order chi connectivity index (χ1) is 8.24. The smallest absolute Gasteiger partial charge is 0.0359 e. The maximum absolute atomic E-state index is 2.36. The van der Waals surface area contributed by atoms with Crippen molar-refractivity contribution in [1.29, 1.82) is 0 Å². The molecule has 0 aliphatic heterocycles. The predicted molar refractivity (Wildman–Crippen MR) is 93.3 cm³/mol. The molecule has 0 aromatic rings. The summed E-state index contributed by atoms with van der Waals surface area (Å²) >= 11 is 0. The van der Waals surface area contributed by atoms with Crippen LogP contribution in [0.2, 0.25) is 0 Å². The highest BCUT2D eigenvalue weighted by Gasteiger charge is 2.24. The molecular formula is C16H37ClP. The number of rotatable bonds is 12. The van der Waals surface area contributed by atoms with E-state index in [4.69, 9.17) is 0 Å². The Morgan fingerprint density at radius 2 is 0.722 bits per heavy atom. The molecule has 0 aromatic carbocycles. The molecular weight excluding hydrogens is 259 g/mol. The standard InChI is InChI=1S/C16H36P.ClH/c1-5-9-13-17(14-10-6-2,15-11-7-3)16-12-8-4;/h5-16H2,1-4H3;1H. The van der Waals surface area contributed by atoms with Crippen molar-refractivity contribution in [1.82, 2.24) is 0 Å². The summed E-state index contributed by atoms with van der Waals surface area (Å²) in [6, 6.07) is 0. The average Bonchev–Trinajstić information content (AvgIpc) is 2.37. The van der Waals surface area contributed by atoms with E-state index in [1.807, 2.05) is 0 Å². The maximum atomic E-state index is 2.36. The van der Waals surface area contributed by atoms with Crippen LogP contribution in [0.25, 0.3) is 0 Å². The molecule has 2 heteroatoms. The first-order valence-electron chi connectivity index (χ1n) is 8.09. The predicted octanol–water partition coefficient (Wildman–Crippen LogP) is 6.63. The van der Waals surface area contributed by atoms with E-state index >= 15 is 0 Å². The summed E-state index contributed by atoms with van der Waals surface area (Å²) in [5.41, 5.74) is 0. The number of hydrogen-bond acceptors (Lipinski definition) is 0. The molecule has 0 amide bonds. The first-order valence-corrected chi connectivity index (χ1v) is 10.6. The highest BCUT2D eigenvalue weighted by Crippen LogP contribution is 2.61. The largest absolute Gasteiger partial charge is 0.147 e. The third kappa shape index (κ3) is 9.62. The van der Waals surface area contributed by atoms with E-state index in [1.54, 1.807) is 24.6 Å². The average molecular weight is 296 g/mol. The Labute approximate surface area is 123 Å². The van der Waals surface area contributed by atoms with E-state index in [1.165, 1.54) is 51.4 Å². The van der Waals surface area contributed by atoms with Gasteiger partial charge in [-0.05, 0) is 50.3 Å². The van der Waals surface area contributed by atoms with Gasteiger partial charge in [-0.1, -0.05) is 53.4 Å². The summed E-state index contributed by atoms with van der Waals surface area (Å²) in [4.78, 5) is 0. The Morgan fingerprint density at radius 3 is 0.889 bits per heavy atom. The van der Waals surface area contributed by atoms with Gasteiger partial charge in [0.1, 0.15) is 0 Å². The van der Waals surface area contributed by atoms with Gasteiger partial charge < -0.3 is 0 Å². The second-order valence-corrected chi connectivity index (χ2v) is 10.1. The molecule has 0 nitrogen and oxygen atoms in total. The van der Waals surface area contributed by atoms with Crippen molar-refractivity contribution < 1.29 is 0 Å². The molecule has 0 saturated heterocycles. The number of hydrogen-bond donors (Lipinski definition) is 0. The van der Waals surface area contributed by atoms with E-state index in [0.717, 1.165) is 0 Å². The Hall–Kier alpha value is 0.720. The molecule has 0 fully saturated rings. The summed E-state index contributed by atoms with van der Waals surface area (Å²) in [6.45, 7) is 9.42. The van der Waals surface area contributed by atoms with Crippen LogP contribution in [0.5, 0.6) is 0 Å². The van der Waals surface area contributed by atoms with E-state index < -0.39 is 7.26 Å². The Morgan fingerprint density at radius 1 is 0.500 bits per heavy atom. The van der Waals surface area contributed by atoms with Crippen molar-refractivity contribution in [3.05, 3.63) is 0 Å². The molecule has 1 radical (unpaired) electrons. The summed E-state index contributed by atoms with van der Waals surface area (Å²) in [6.07, 6.45) is 17.9. The fourth-order valence-corrected chi connectivity index (χ4v) is 7.93. The van der Waals surface area contributed by atoms with Gasteiger partial charge >= 0.3 is 0 Å². The second kappa shape index (κ2) is 14.1. The van der Waals surface area contributed by atoms with E-state index in [9.17, 15) is 0 Å². The third-order valence-electron chi connectivity index (χ3n) is 3.94. The Balaban J connectivity index is 0. The van der Waals surface area contributed by atoms with Crippen molar-refractivity contribution in [3.8, 4) is 0 Å². The zero-order valence-electron chi connectivity index (χ0n) is 13.3. The Kier molecular flexibility index (Phi) is 16.5. The summed E-state index contributed by atoms with van der Waals surface area (Å²) in [5.74, 6) is 0. The lowest BCUT2D eigenvalue weighted by Crippen LogP contribution is -2.12. The minimum atomic E-state index is -0.562. The summed E-state index contributed by atoms with van der Waals surface area (Å²) in [7, 11) is -0.562. The van der Waals surface area contributed by atoms with Gasteiger partial charge in [-0.3, -0.25) is 0 Å². The van der Waals surface area contributed by atoms with Crippen molar-refractivity contribution in [2.45, 2.75) is 79.1 Å². The Bertz CT molecular complexity index is 122. The zero-order chi connectivity index (χ0) is 13.0. The molecule has 0 aromatic heterocycles. The monoisotopic (exact) mass is 295 g/mol. The lowest BCUT2D eigenvalue weighted by Gasteiger charge is -2.37. The number of unbranched alkanes of at least 4 members (excludes halogenated alkanes) is 4. The zero-order valence-corrected chi connectivity index (χ0v) is 15.1. The van der Waals surface area contributed by atoms with E-state index in [-0.39, 0.29) is 12.4 Å². The quantitative estimate of drug-likeness (QED) is 0.355. The second-order valence-electron chi connectivity index (χ2n) is 5.65. The van der Waals surface area contributed by atoms with E-state index in [0.29, 0.717) is 0 Å². The van der Waals surface area contributed by atoms with Crippen molar-refractivity contribution in [3.63, 3.8) is 0 Å². The van der Waals surface area contributed by atoms with Crippen LogP contribution in [-0.4, -0.2) is 24.6 Å². The lowest BCUT2D eigenvalue weighted by molar-refractivity contribution is 0.814. The van der Waals surface area contributed by atoms with E-state index in [2.05, 4.69) is 27.7 Å². The van der Waals surface area contributed by atoms with Crippen molar-refractivity contribution in [2.24, 2.45) is 0 Å². The van der Waals surface area contributed by atoms with Crippen LogP contribution in [0.15, 0.2) is 0 Å². The van der Waals surface area contributed by atoms with Crippen LogP contribution in [-0.2, 0) is 0 Å². The van der Waals surface area contributed by atoms with Crippen molar-refractivity contribution >= 4 is 19.7 Å². The molecule has 0 unspecified atom stereocenters. The highest BCUT2D eigenvalue weighted by atomic mass is 35.5. The van der Waals surface area contributed by atoms with Gasteiger partial charge in [0.05, 0.1) is 0 Å². The fraction of sp³-hybridized carbons (Fsp3) is 1.00. The molecule has 0 spiro atoms. The van der Waals surface area contributed by atoms with Crippen LogP contribution in [0.3, 0.4) is 0 Å². The van der Waals surface area contributed by atoms with Gasteiger partial charge in [0.25, 0.3) is 0 Å². The molecule has 18 heavy (non-hydrogen) atoms. The minimum Gasteiger partial charge on any atom is -0.147 e. The molecule has 0 aliphatic carbocycles. The van der Waals surface area contributed by atoms with Crippen LogP contribution in [0.4, 0.5) is 0 Å². The summed E-state index contributed by atoms with van der Waals surface area (Å²) < 4.78 is 0. The molecule has 0 bridgehead atoms. The summed E-state index contributed by atoms with van der Waals surface area (Å²) in [5, 5.41) is 0. The van der Waals surface area contributed by atoms with Crippen LogP contribution < -0.4 is 0 Å². The fourth-order valence-electron chi connectivity index (χ4n) is 2.64. The topological polar surface area (TPSA) is 0 Å². The van der Waals surface area contributed by atoms with Gasteiger partial charge in [0.15, 0.2) is 0 Å². The SMILES string of the molecule is CCCC[P](CCCC)(CCCC)CCCC.Cl. The molecule has 0 heterocycles. The minimum absolute atomic E-state index is 0. The molecule has 113 valence electrons. The molecule has 0 atom stereocenters. The van der Waals surface area contributed by atoms with Gasteiger partial charge in [0.2, 0.25) is 0 Å². The van der Waals surface area contributed by atoms with Gasteiger partial charge in [-0.25, -0.2) is 0 Å². The first kappa shape index (κ1) is 21.0. The molecule has 0 saturated carbocycles. The lowest BCUT2D eigenvalue weighted by atomic mass is 10.4. The van der Waals surface area contributed by atoms with Gasteiger partial charge in [-0.2, -0.15) is 0 Å². The molecule has 0 rings (SSSR count). The highest BCUT2D eigenvalue weighted by molar-refractivity contribution is 7.75. The van der Waals surface area contributed by atoms with Crippen molar-refractivity contribution in [2.75, 3.05) is 24.6 Å². The normalized spacial score (nSPS) is 11.3. The van der Waals surface area contributed by atoms with Gasteiger partial charge in [0, 0.05) is 0 Å². The third-order valence-corrected chi connectivity index (χ3v) is 9.00. The van der Waals surface area contributed by atoms with Crippen LogP contribution in [0, 0.1) is 0 Å². The van der Waals surface area contributed by atoms with Crippen LogP contribution >= 0.6 is 19.7 Å². The molecule has 0 aliphatic rings. The number of halogens is 1. The van der Waals surface area contributed by atoms with Gasteiger partial charge in [-0.15, -0.1) is 19.7 Å².